The zero-order chi connectivity index (χ0) is 25.3. The van der Waals surface area contributed by atoms with Crippen molar-refractivity contribution in [2.75, 3.05) is 20.3 Å². The van der Waals surface area contributed by atoms with Gasteiger partial charge in [0, 0.05) is 7.11 Å². The molecule has 0 bridgehead atoms. The summed E-state index contributed by atoms with van der Waals surface area (Å²) in [4.78, 5) is 11.6. The van der Waals surface area contributed by atoms with Crippen LogP contribution in [0.1, 0.15) is 0 Å². The highest BCUT2D eigenvalue weighted by Crippen LogP contribution is 2.32. The van der Waals surface area contributed by atoms with Crippen LogP contribution in [0.15, 0.2) is 0 Å². The maximum Gasteiger partial charge on any atom is 0.335 e. The van der Waals surface area contributed by atoms with Crippen LogP contribution in [0.25, 0.3) is 0 Å². The third kappa shape index (κ3) is 5.35. The maximum atomic E-state index is 11.6. The fourth-order valence-electron chi connectivity index (χ4n) is 3.91. The molecule has 0 aromatic carbocycles. The molecule has 14 atom stereocenters. The van der Waals surface area contributed by atoms with Crippen LogP contribution in [0.2, 0.25) is 0 Å². The molecule has 198 valence electrons. The molecule has 0 spiro atoms. The number of rotatable bonds is 7. The van der Waals surface area contributed by atoms with Crippen molar-refractivity contribution < 1.29 is 79.2 Å². The Morgan fingerprint density at radius 2 is 1.41 bits per heavy atom. The average molecular weight is 502 g/mol. The lowest BCUT2D eigenvalue weighted by molar-refractivity contribution is -0.382. The molecular weight excluding hydrogens is 472 g/mol. The number of hydrogen-bond acceptors (Lipinski definition) is 15. The minimum atomic E-state index is -1.97. The fraction of sp³-hybridized carbons (Fsp3) is 0.944. The number of ether oxygens (including phenoxy) is 6. The van der Waals surface area contributed by atoms with E-state index in [2.05, 4.69) is 0 Å². The molecule has 16 heteroatoms. The Labute approximate surface area is 192 Å². The van der Waals surface area contributed by atoms with Gasteiger partial charge in [-0.3, -0.25) is 0 Å². The first kappa shape index (κ1) is 27.5. The minimum Gasteiger partial charge on any atom is -0.479 e. The normalized spacial score (nSPS) is 50.1. The van der Waals surface area contributed by atoms with Crippen molar-refractivity contribution in [2.24, 2.45) is 0 Å². The molecule has 3 rings (SSSR count). The van der Waals surface area contributed by atoms with Crippen molar-refractivity contribution in [3.05, 3.63) is 0 Å². The molecule has 3 aliphatic rings. The van der Waals surface area contributed by atoms with Crippen LogP contribution in [0.3, 0.4) is 0 Å². The first-order chi connectivity index (χ1) is 16.0. The highest BCUT2D eigenvalue weighted by atomic mass is 16.8. The highest BCUT2D eigenvalue weighted by Gasteiger charge is 2.55. The molecule has 3 saturated heterocycles. The minimum absolute atomic E-state index is 0.462. The number of hydrogen-bond donors (Lipinski definition) is 9. The maximum absolute atomic E-state index is 11.6. The van der Waals surface area contributed by atoms with E-state index in [4.69, 9.17) is 28.4 Å². The molecule has 3 heterocycles. The summed E-state index contributed by atoms with van der Waals surface area (Å²) in [5.74, 6) is -1.60. The van der Waals surface area contributed by atoms with Gasteiger partial charge in [0.05, 0.1) is 13.2 Å². The molecule has 34 heavy (non-hydrogen) atoms. The van der Waals surface area contributed by atoms with Crippen molar-refractivity contribution in [3.8, 4) is 0 Å². The Morgan fingerprint density at radius 1 is 0.794 bits per heavy atom. The van der Waals surface area contributed by atoms with Crippen LogP contribution in [0.4, 0.5) is 0 Å². The molecular formula is C18H30O16. The van der Waals surface area contributed by atoms with E-state index in [-0.39, 0.29) is 0 Å². The number of aliphatic carboxylic acids is 1. The average Bonchev–Trinajstić information content (AvgIpc) is 2.81. The number of methoxy groups -OCH3 is 1. The van der Waals surface area contributed by atoms with Crippen molar-refractivity contribution in [2.45, 2.75) is 86.0 Å². The van der Waals surface area contributed by atoms with E-state index in [1.54, 1.807) is 0 Å². The summed E-state index contributed by atoms with van der Waals surface area (Å²) in [5.41, 5.74) is 0. The van der Waals surface area contributed by atoms with Gasteiger partial charge < -0.3 is 74.4 Å². The van der Waals surface area contributed by atoms with Gasteiger partial charge in [-0.05, 0) is 0 Å². The van der Waals surface area contributed by atoms with Gasteiger partial charge in [0.25, 0.3) is 0 Å². The lowest BCUT2D eigenvalue weighted by atomic mass is 9.96. The first-order valence-electron chi connectivity index (χ1n) is 10.4. The van der Waals surface area contributed by atoms with E-state index >= 15 is 0 Å². The molecule has 5 unspecified atom stereocenters. The number of carbonyl (C=O) groups is 1. The second kappa shape index (κ2) is 11.3. The van der Waals surface area contributed by atoms with Crippen LogP contribution < -0.4 is 0 Å². The number of aliphatic hydroxyl groups is 8. The van der Waals surface area contributed by atoms with Gasteiger partial charge in [0.2, 0.25) is 0 Å². The van der Waals surface area contributed by atoms with E-state index < -0.39 is 105 Å². The zero-order valence-corrected chi connectivity index (χ0v) is 17.9. The Hall–Kier alpha value is -1.09. The Morgan fingerprint density at radius 3 is 2.00 bits per heavy atom. The lowest BCUT2D eigenvalue weighted by Crippen LogP contribution is -2.67. The van der Waals surface area contributed by atoms with Gasteiger partial charge in [-0.25, -0.2) is 4.79 Å². The quantitative estimate of drug-likeness (QED) is 0.157. The van der Waals surface area contributed by atoms with Crippen molar-refractivity contribution in [3.63, 3.8) is 0 Å². The summed E-state index contributed by atoms with van der Waals surface area (Å²) < 4.78 is 31.9. The van der Waals surface area contributed by atoms with Crippen molar-refractivity contribution in [1.82, 2.24) is 0 Å². The number of aliphatic hydroxyl groups excluding tert-OH is 8. The summed E-state index contributed by atoms with van der Waals surface area (Å²) in [6, 6.07) is 0. The van der Waals surface area contributed by atoms with Gasteiger partial charge in [-0.2, -0.15) is 0 Å². The molecule has 9 N–H and O–H groups in total. The van der Waals surface area contributed by atoms with Crippen LogP contribution in [-0.2, 0) is 33.2 Å². The summed E-state index contributed by atoms with van der Waals surface area (Å²) in [5, 5.41) is 89.4. The van der Waals surface area contributed by atoms with Crippen LogP contribution in [0.5, 0.6) is 0 Å². The third-order valence-electron chi connectivity index (χ3n) is 5.88. The number of carboxylic acid groups (broad SMARTS) is 1. The van der Waals surface area contributed by atoms with Crippen LogP contribution >= 0.6 is 0 Å². The van der Waals surface area contributed by atoms with E-state index in [0.29, 0.717) is 0 Å². The molecule has 16 nitrogen and oxygen atoms in total. The van der Waals surface area contributed by atoms with E-state index in [1.807, 2.05) is 0 Å². The summed E-state index contributed by atoms with van der Waals surface area (Å²) >= 11 is 0. The second-order valence-electron chi connectivity index (χ2n) is 8.14. The SMILES string of the molecule is CO[C@@H]1OC(C(=O)O)[C@@H](O)C(O[C@@H]2OC[C@@H](O)C(O)[C@@H]2O)[C@@H]1O[C@@H]1OC(CO)[C@H](O)C(O)[C@@H]1O. The summed E-state index contributed by atoms with van der Waals surface area (Å²) in [7, 11) is 1.11. The largest absolute Gasteiger partial charge is 0.479 e. The van der Waals surface area contributed by atoms with Gasteiger partial charge in [0.1, 0.15) is 61.0 Å². The highest BCUT2D eigenvalue weighted by molar-refractivity contribution is 5.73. The van der Waals surface area contributed by atoms with Crippen molar-refractivity contribution >= 4 is 5.97 Å². The number of carboxylic acids is 1. The topological polar surface area (TPSA) is 255 Å². The first-order valence-corrected chi connectivity index (χ1v) is 10.4. The fourth-order valence-corrected chi connectivity index (χ4v) is 3.91. The molecule has 3 fully saturated rings. The van der Waals surface area contributed by atoms with Crippen LogP contribution in [-0.4, -0.2) is 158 Å². The molecule has 3 aliphatic heterocycles. The monoisotopic (exact) mass is 502 g/mol. The van der Waals surface area contributed by atoms with Gasteiger partial charge >= 0.3 is 5.97 Å². The van der Waals surface area contributed by atoms with Gasteiger partial charge in [-0.15, -0.1) is 0 Å². The molecule has 0 amide bonds. The Kier molecular flexibility index (Phi) is 9.15. The smallest absolute Gasteiger partial charge is 0.335 e. The summed E-state index contributed by atoms with van der Waals surface area (Å²) in [6.07, 6.45) is -23.8. The third-order valence-corrected chi connectivity index (χ3v) is 5.88. The molecule has 0 saturated carbocycles. The van der Waals surface area contributed by atoms with Crippen LogP contribution in [0, 0.1) is 0 Å². The van der Waals surface area contributed by atoms with Gasteiger partial charge in [0.15, 0.2) is 25.0 Å². The van der Waals surface area contributed by atoms with E-state index in [9.17, 15) is 50.8 Å². The molecule has 0 radical (unpaired) electrons. The van der Waals surface area contributed by atoms with E-state index in [0.717, 1.165) is 7.11 Å². The van der Waals surface area contributed by atoms with Crippen molar-refractivity contribution in [1.29, 1.82) is 0 Å². The predicted octanol–water partition coefficient (Wildman–Crippen LogP) is -6.19. The van der Waals surface area contributed by atoms with Gasteiger partial charge in [-0.1, -0.05) is 0 Å². The summed E-state index contributed by atoms with van der Waals surface area (Å²) in [6.45, 7) is -1.22. The Bertz CT molecular complexity index is 678. The molecule has 0 aromatic heterocycles. The Balaban J connectivity index is 1.87. The molecule has 0 aromatic rings. The zero-order valence-electron chi connectivity index (χ0n) is 17.9. The second-order valence-corrected chi connectivity index (χ2v) is 8.14. The lowest BCUT2D eigenvalue weighted by Gasteiger charge is -2.47. The predicted molar refractivity (Wildman–Crippen MR) is 101 cm³/mol. The molecule has 0 aliphatic carbocycles. The standard InChI is InChI=1S/C18H30O16/c1-29-18-14(34-17-10(25)8(23)7(22)5(2-19)31-17)12(11(26)13(33-18)15(27)28)32-16-9(24)6(21)4(20)3-30-16/h4-14,16-26H,2-3H2,1H3,(H,27,28)/t4-,5?,6?,7+,8?,9+,10+,11+,12?,13?,14+,16+,17+,18-/m1/s1. The van der Waals surface area contributed by atoms with E-state index in [1.165, 1.54) is 0 Å².